The fraction of sp³-hybridized carbons (Fsp3) is 0.579. The quantitative estimate of drug-likeness (QED) is 0.712. The molecule has 1 aliphatic rings. The van der Waals surface area contributed by atoms with E-state index >= 15 is 0 Å². The van der Waals surface area contributed by atoms with Crippen LogP contribution in [0.15, 0.2) is 18.2 Å². The van der Waals surface area contributed by atoms with Gasteiger partial charge in [-0.2, -0.15) is 13.2 Å². The van der Waals surface area contributed by atoms with Gasteiger partial charge in [0.1, 0.15) is 11.4 Å². The van der Waals surface area contributed by atoms with E-state index in [4.69, 9.17) is 9.47 Å². The van der Waals surface area contributed by atoms with E-state index in [1.807, 2.05) is 0 Å². The summed E-state index contributed by atoms with van der Waals surface area (Å²) in [5.41, 5.74) is -1.67. The van der Waals surface area contributed by atoms with Gasteiger partial charge in [-0.05, 0) is 51.7 Å². The molecule has 2 rings (SSSR count). The summed E-state index contributed by atoms with van der Waals surface area (Å²) in [5, 5.41) is 0. The topological polar surface area (TPSA) is 55.8 Å². The van der Waals surface area contributed by atoms with Crippen LogP contribution in [0.3, 0.4) is 0 Å². The molecule has 0 spiro atoms. The van der Waals surface area contributed by atoms with Gasteiger partial charge < -0.3 is 14.4 Å². The number of rotatable bonds is 4. The first kappa shape index (κ1) is 21.1. The molecule has 1 heterocycles. The third-order valence-electron chi connectivity index (χ3n) is 4.21. The van der Waals surface area contributed by atoms with Crippen LogP contribution in [0.25, 0.3) is 0 Å². The number of hydrogen-bond donors (Lipinski definition) is 0. The fourth-order valence-electron chi connectivity index (χ4n) is 2.84. The monoisotopic (exact) mass is 387 g/mol. The molecule has 1 aromatic rings. The smallest absolute Gasteiger partial charge is 0.419 e. The van der Waals surface area contributed by atoms with Gasteiger partial charge >= 0.3 is 12.3 Å². The number of hydrogen-bond acceptors (Lipinski definition) is 4. The van der Waals surface area contributed by atoms with Crippen molar-refractivity contribution in [3.05, 3.63) is 29.3 Å². The second-order valence-corrected chi connectivity index (χ2v) is 7.56. The van der Waals surface area contributed by atoms with Gasteiger partial charge in [0.2, 0.25) is 0 Å². The van der Waals surface area contributed by atoms with Crippen molar-refractivity contribution < 1.29 is 32.2 Å². The Morgan fingerprint density at radius 1 is 1.22 bits per heavy atom. The Morgan fingerprint density at radius 2 is 1.85 bits per heavy atom. The van der Waals surface area contributed by atoms with E-state index in [0.717, 1.165) is 6.07 Å². The van der Waals surface area contributed by atoms with Gasteiger partial charge in [0, 0.05) is 13.1 Å². The summed E-state index contributed by atoms with van der Waals surface area (Å²) < 4.78 is 50.2. The second-order valence-electron chi connectivity index (χ2n) is 7.56. The van der Waals surface area contributed by atoms with Gasteiger partial charge in [-0.15, -0.1) is 0 Å². The van der Waals surface area contributed by atoms with E-state index in [2.05, 4.69) is 0 Å². The lowest BCUT2D eigenvalue weighted by atomic mass is 9.98. The maximum atomic E-state index is 13.2. The molecule has 150 valence electrons. The van der Waals surface area contributed by atoms with Crippen LogP contribution in [0, 0.1) is 5.92 Å². The second kappa shape index (κ2) is 8.19. The highest BCUT2D eigenvalue weighted by atomic mass is 19.4. The van der Waals surface area contributed by atoms with Crippen molar-refractivity contribution >= 4 is 12.4 Å². The minimum atomic E-state index is -4.60. The van der Waals surface area contributed by atoms with Crippen molar-refractivity contribution in [2.75, 3.05) is 19.7 Å². The number of halogens is 3. The molecule has 1 aromatic carbocycles. The predicted octanol–water partition coefficient (Wildman–Crippen LogP) is 4.54. The van der Waals surface area contributed by atoms with E-state index in [0.29, 0.717) is 32.2 Å². The first-order chi connectivity index (χ1) is 12.5. The van der Waals surface area contributed by atoms with E-state index in [1.165, 1.54) is 12.1 Å². The number of ether oxygens (including phenoxy) is 2. The van der Waals surface area contributed by atoms with Crippen molar-refractivity contribution in [3.63, 3.8) is 0 Å². The van der Waals surface area contributed by atoms with Crippen LogP contribution in [0.1, 0.15) is 49.5 Å². The third kappa shape index (κ3) is 5.87. The number of para-hydroxylation sites is 1. The number of piperidine rings is 1. The SMILES string of the molecule is CC(C)(C)OC(=O)N1CCC(COc2c(C=O)cccc2C(F)(F)F)CC1. The van der Waals surface area contributed by atoms with Crippen LogP contribution in [0.4, 0.5) is 18.0 Å². The molecule has 0 N–H and O–H groups in total. The number of alkyl halides is 3. The van der Waals surface area contributed by atoms with Crippen LogP contribution in [-0.4, -0.2) is 42.6 Å². The van der Waals surface area contributed by atoms with Crippen molar-refractivity contribution in [1.29, 1.82) is 0 Å². The Kier molecular flexibility index (Phi) is 6.38. The molecule has 5 nitrogen and oxygen atoms in total. The van der Waals surface area contributed by atoms with E-state index in [-0.39, 0.29) is 18.1 Å². The molecule has 1 saturated heterocycles. The Balaban J connectivity index is 1.96. The molecule has 1 aliphatic heterocycles. The van der Waals surface area contributed by atoms with Gasteiger partial charge in [0.15, 0.2) is 6.29 Å². The zero-order valence-electron chi connectivity index (χ0n) is 15.6. The summed E-state index contributed by atoms with van der Waals surface area (Å²) in [6.07, 6.45) is -3.47. The average molecular weight is 387 g/mol. The summed E-state index contributed by atoms with van der Waals surface area (Å²) in [4.78, 5) is 24.7. The molecular formula is C19H24F3NO4. The largest absolute Gasteiger partial charge is 0.492 e. The zero-order chi connectivity index (χ0) is 20.2. The molecule has 8 heteroatoms. The van der Waals surface area contributed by atoms with Crippen LogP contribution >= 0.6 is 0 Å². The maximum absolute atomic E-state index is 13.2. The summed E-state index contributed by atoms with van der Waals surface area (Å²) in [6.45, 7) is 6.31. The van der Waals surface area contributed by atoms with Gasteiger partial charge in [0.05, 0.1) is 17.7 Å². The molecule has 0 bridgehead atoms. The average Bonchev–Trinajstić information content (AvgIpc) is 2.57. The van der Waals surface area contributed by atoms with Crippen molar-refractivity contribution in [2.24, 2.45) is 5.92 Å². The zero-order valence-corrected chi connectivity index (χ0v) is 15.6. The predicted molar refractivity (Wildman–Crippen MR) is 92.9 cm³/mol. The number of likely N-dealkylation sites (tertiary alicyclic amines) is 1. The first-order valence-corrected chi connectivity index (χ1v) is 8.77. The molecular weight excluding hydrogens is 363 g/mol. The van der Waals surface area contributed by atoms with Crippen molar-refractivity contribution in [1.82, 2.24) is 4.90 Å². The van der Waals surface area contributed by atoms with Gasteiger partial charge in [-0.25, -0.2) is 4.79 Å². The molecule has 0 radical (unpaired) electrons. The first-order valence-electron chi connectivity index (χ1n) is 8.77. The Morgan fingerprint density at radius 3 is 2.37 bits per heavy atom. The molecule has 0 saturated carbocycles. The summed E-state index contributed by atoms with van der Waals surface area (Å²) >= 11 is 0. The normalized spacial score (nSPS) is 16.1. The van der Waals surface area contributed by atoms with Crippen LogP contribution in [0.5, 0.6) is 5.75 Å². The lowest BCUT2D eigenvalue weighted by Crippen LogP contribution is -2.42. The highest BCUT2D eigenvalue weighted by Crippen LogP contribution is 2.38. The molecule has 0 atom stereocenters. The molecule has 1 fully saturated rings. The highest BCUT2D eigenvalue weighted by Gasteiger charge is 2.36. The van der Waals surface area contributed by atoms with Gasteiger partial charge in [0.25, 0.3) is 0 Å². The van der Waals surface area contributed by atoms with Crippen molar-refractivity contribution in [3.8, 4) is 5.75 Å². The van der Waals surface area contributed by atoms with Crippen molar-refractivity contribution in [2.45, 2.75) is 45.4 Å². The fourth-order valence-corrected chi connectivity index (χ4v) is 2.84. The molecule has 0 aromatic heterocycles. The lowest BCUT2D eigenvalue weighted by Gasteiger charge is -2.33. The summed E-state index contributed by atoms with van der Waals surface area (Å²) in [6, 6.07) is 3.37. The highest BCUT2D eigenvalue weighted by molar-refractivity contribution is 5.80. The molecule has 27 heavy (non-hydrogen) atoms. The Hall–Kier alpha value is -2.25. The lowest BCUT2D eigenvalue weighted by molar-refractivity contribution is -0.139. The van der Waals surface area contributed by atoms with Gasteiger partial charge in [-0.1, -0.05) is 6.07 Å². The third-order valence-corrected chi connectivity index (χ3v) is 4.21. The standard InChI is InChI=1S/C19H24F3NO4/c1-18(2,3)27-17(25)23-9-7-13(8-10-23)12-26-16-14(11-24)5-4-6-15(16)19(20,21)22/h4-6,11,13H,7-10,12H2,1-3H3. The Labute approximate surface area is 156 Å². The number of aldehydes is 1. The van der Waals surface area contributed by atoms with Crippen LogP contribution < -0.4 is 4.74 Å². The maximum Gasteiger partial charge on any atom is 0.419 e. The van der Waals surface area contributed by atoms with Gasteiger partial charge in [-0.3, -0.25) is 4.79 Å². The van der Waals surface area contributed by atoms with E-state index in [9.17, 15) is 22.8 Å². The molecule has 0 unspecified atom stereocenters. The summed E-state index contributed by atoms with van der Waals surface area (Å²) in [7, 11) is 0. The number of nitrogens with zero attached hydrogens (tertiary/aromatic N) is 1. The molecule has 1 amide bonds. The summed E-state index contributed by atoms with van der Waals surface area (Å²) in [5.74, 6) is -0.445. The van der Waals surface area contributed by atoms with Crippen LogP contribution in [0.2, 0.25) is 0 Å². The molecule has 0 aliphatic carbocycles. The minimum absolute atomic E-state index is 0.00974. The number of carbonyl (C=O) groups is 2. The number of amides is 1. The number of benzene rings is 1. The van der Waals surface area contributed by atoms with Crippen LogP contribution in [-0.2, 0) is 10.9 Å². The minimum Gasteiger partial charge on any atom is -0.492 e. The Bertz CT molecular complexity index is 675. The van der Waals surface area contributed by atoms with E-state index < -0.39 is 29.2 Å². The van der Waals surface area contributed by atoms with E-state index in [1.54, 1.807) is 25.7 Å². The number of carbonyl (C=O) groups excluding carboxylic acids is 2.